The lowest BCUT2D eigenvalue weighted by atomic mass is 10.2. The lowest BCUT2D eigenvalue weighted by Gasteiger charge is -2.09. The molecule has 0 aliphatic carbocycles. The minimum atomic E-state index is -2.50. The van der Waals surface area contributed by atoms with E-state index in [4.69, 9.17) is 5.73 Å². The first kappa shape index (κ1) is 17.2. The van der Waals surface area contributed by atoms with Crippen molar-refractivity contribution in [2.45, 2.75) is 23.5 Å². The van der Waals surface area contributed by atoms with Gasteiger partial charge in [0, 0.05) is 11.3 Å². The zero-order chi connectivity index (χ0) is 12.7. The van der Waals surface area contributed by atoms with E-state index >= 15 is 0 Å². The average Bonchev–Trinajstić information content (AvgIpc) is 2.28. The highest BCUT2D eigenvalue weighted by molar-refractivity contribution is 7.99. The van der Waals surface area contributed by atoms with Crippen molar-refractivity contribution in [2.24, 2.45) is 5.73 Å². The first-order chi connectivity index (χ1) is 8.13. The van der Waals surface area contributed by atoms with Gasteiger partial charge in [-0.1, -0.05) is 23.9 Å². The summed E-state index contributed by atoms with van der Waals surface area (Å²) in [6.07, 6.45) is 0.875. The SMILES string of the molecule is Cl.NCCCC(=O)Nc1ccccc1SC(F)F. The van der Waals surface area contributed by atoms with Gasteiger partial charge in [-0.15, -0.1) is 12.4 Å². The summed E-state index contributed by atoms with van der Waals surface area (Å²) in [4.78, 5) is 11.8. The van der Waals surface area contributed by atoms with Crippen LogP contribution in [0.15, 0.2) is 29.2 Å². The normalized spacial score (nSPS) is 10.0. The molecule has 0 atom stereocenters. The van der Waals surface area contributed by atoms with Crippen LogP contribution in [0.5, 0.6) is 0 Å². The van der Waals surface area contributed by atoms with E-state index in [-0.39, 0.29) is 18.3 Å². The van der Waals surface area contributed by atoms with Crippen LogP contribution >= 0.6 is 24.2 Å². The molecular formula is C11H15ClF2N2OS. The number of nitrogens with one attached hydrogen (secondary N) is 1. The van der Waals surface area contributed by atoms with Gasteiger partial charge in [-0.25, -0.2) is 0 Å². The summed E-state index contributed by atoms with van der Waals surface area (Å²) in [5, 5.41) is 2.60. The number of para-hydroxylation sites is 1. The number of nitrogens with two attached hydrogens (primary N) is 1. The summed E-state index contributed by atoms with van der Waals surface area (Å²) in [6.45, 7) is 0.431. The van der Waals surface area contributed by atoms with E-state index in [9.17, 15) is 13.6 Å². The monoisotopic (exact) mass is 296 g/mol. The Hall–Kier alpha value is -0.850. The van der Waals surface area contributed by atoms with Gasteiger partial charge in [-0.2, -0.15) is 8.78 Å². The number of carbonyl (C=O) groups is 1. The largest absolute Gasteiger partial charge is 0.330 e. The van der Waals surface area contributed by atoms with Gasteiger partial charge in [0.1, 0.15) is 0 Å². The summed E-state index contributed by atoms with van der Waals surface area (Å²) in [7, 11) is 0. The van der Waals surface area contributed by atoms with Crippen molar-refractivity contribution in [3.63, 3.8) is 0 Å². The standard InChI is InChI=1S/C11H14F2N2OS.ClH/c12-11(13)17-9-5-2-1-4-8(9)15-10(16)6-3-7-14;/h1-2,4-5,11H,3,6-7,14H2,(H,15,16);1H. The summed E-state index contributed by atoms with van der Waals surface area (Å²) < 4.78 is 24.5. The first-order valence-electron chi connectivity index (χ1n) is 5.17. The van der Waals surface area contributed by atoms with Crippen LogP contribution in [0.2, 0.25) is 0 Å². The molecule has 0 aliphatic rings. The molecule has 18 heavy (non-hydrogen) atoms. The molecule has 1 rings (SSSR count). The molecule has 3 nitrogen and oxygen atoms in total. The fourth-order valence-corrected chi connectivity index (χ4v) is 1.84. The Balaban J connectivity index is 0.00000289. The van der Waals surface area contributed by atoms with E-state index in [0.717, 1.165) is 0 Å². The predicted molar refractivity (Wildman–Crippen MR) is 72.5 cm³/mol. The highest BCUT2D eigenvalue weighted by atomic mass is 35.5. The van der Waals surface area contributed by atoms with E-state index in [0.29, 0.717) is 41.7 Å². The van der Waals surface area contributed by atoms with Gasteiger partial charge < -0.3 is 11.1 Å². The third-order valence-electron chi connectivity index (χ3n) is 1.99. The zero-order valence-electron chi connectivity index (χ0n) is 9.57. The van der Waals surface area contributed by atoms with Gasteiger partial charge in [-0.05, 0) is 25.1 Å². The highest BCUT2D eigenvalue weighted by Gasteiger charge is 2.11. The van der Waals surface area contributed by atoms with Crippen LogP contribution in [0, 0.1) is 0 Å². The fourth-order valence-electron chi connectivity index (χ4n) is 1.24. The maximum atomic E-state index is 12.3. The molecule has 0 bridgehead atoms. The van der Waals surface area contributed by atoms with Crippen LogP contribution in [0.25, 0.3) is 0 Å². The number of rotatable bonds is 6. The summed E-state index contributed by atoms with van der Waals surface area (Å²) in [5.74, 6) is -2.71. The molecule has 0 unspecified atom stereocenters. The Labute approximate surface area is 115 Å². The van der Waals surface area contributed by atoms with Gasteiger partial charge in [0.05, 0.1) is 5.69 Å². The van der Waals surface area contributed by atoms with Gasteiger partial charge >= 0.3 is 0 Å². The minimum Gasteiger partial charge on any atom is -0.330 e. The summed E-state index contributed by atoms with van der Waals surface area (Å²) >= 11 is 0.418. The molecule has 0 heterocycles. The smallest absolute Gasteiger partial charge is 0.288 e. The number of hydrogen-bond acceptors (Lipinski definition) is 3. The summed E-state index contributed by atoms with van der Waals surface area (Å²) in [6, 6.07) is 6.49. The number of alkyl halides is 2. The van der Waals surface area contributed by atoms with Crippen molar-refractivity contribution in [1.82, 2.24) is 0 Å². The molecule has 0 aromatic heterocycles. The number of hydrogen-bond donors (Lipinski definition) is 2. The predicted octanol–water partition coefficient (Wildman–Crippen LogP) is 3.10. The molecule has 0 radical (unpaired) electrons. The third-order valence-corrected chi connectivity index (χ3v) is 2.77. The van der Waals surface area contributed by atoms with E-state index in [1.807, 2.05) is 0 Å². The van der Waals surface area contributed by atoms with Gasteiger partial charge in [0.25, 0.3) is 5.76 Å². The van der Waals surface area contributed by atoms with Crippen molar-refractivity contribution in [2.75, 3.05) is 11.9 Å². The number of amides is 1. The topological polar surface area (TPSA) is 55.1 Å². The van der Waals surface area contributed by atoms with Crippen molar-refractivity contribution < 1.29 is 13.6 Å². The molecular weight excluding hydrogens is 282 g/mol. The van der Waals surface area contributed by atoms with E-state index in [1.54, 1.807) is 24.3 Å². The van der Waals surface area contributed by atoms with Crippen molar-refractivity contribution in [1.29, 1.82) is 0 Å². The second-order valence-corrected chi connectivity index (χ2v) is 4.35. The second-order valence-electron chi connectivity index (χ2n) is 3.32. The molecule has 0 fully saturated rings. The maximum absolute atomic E-state index is 12.3. The Morgan fingerprint density at radius 1 is 1.39 bits per heavy atom. The first-order valence-corrected chi connectivity index (χ1v) is 6.05. The van der Waals surface area contributed by atoms with Crippen LogP contribution in [0.3, 0.4) is 0 Å². The Bertz CT molecular complexity index is 380. The highest BCUT2D eigenvalue weighted by Crippen LogP contribution is 2.31. The molecule has 1 aromatic rings. The Kier molecular flexibility index (Phi) is 8.70. The molecule has 0 aliphatic heterocycles. The number of halogens is 3. The van der Waals surface area contributed by atoms with Crippen LogP contribution in [0.1, 0.15) is 12.8 Å². The van der Waals surface area contributed by atoms with E-state index in [1.165, 1.54) is 0 Å². The third kappa shape index (κ3) is 6.18. The Morgan fingerprint density at radius 2 is 2.06 bits per heavy atom. The quantitative estimate of drug-likeness (QED) is 0.793. The van der Waals surface area contributed by atoms with Gasteiger partial charge in [0.2, 0.25) is 5.91 Å². The Morgan fingerprint density at radius 3 is 2.67 bits per heavy atom. The van der Waals surface area contributed by atoms with Crippen LogP contribution < -0.4 is 11.1 Å². The van der Waals surface area contributed by atoms with Gasteiger partial charge in [-0.3, -0.25) is 4.79 Å². The molecule has 102 valence electrons. The van der Waals surface area contributed by atoms with E-state index in [2.05, 4.69) is 5.32 Å². The minimum absolute atomic E-state index is 0. The van der Waals surface area contributed by atoms with Crippen molar-refractivity contribution in [3.05, 3.63) is 24.3 Å². The lowest BCUT2D eigenvalue weighted by Crippen LogP contribution is -2.14. The number of anilines is 1. The van der Waals surface area contributed by atoms with Crippen LogP contribution in [-0.4, -0.2) is 18.2 Å². The second kappa shape index (κ2) is 9.13. The average molecular weight is 297 g/mol. The zero-order valence-corrected chi connectivity index (χ0v) is 11.2. The molecule has 3 N–H and O–H groups in total. The lowest BCUT2D eigenvalue weighted by molar-refractivity contribution is -0.116. The molecule has 0 saturated heterocycles. The molecule has 0 saturated carbocycles. The molecule has 0 spiro atoms. The molecule has 1 aromatic carbocycles. The molecule has 1 amide bonds. The fraction of sp³-hybridized carbons (Fsp3) is 0.364. The molecule has 7 heteroatoms. The van der Waals surface area contributed by atoms with Crippen LogP contribution in [-0.2, 0) is 4.79 Å². The number of carbonyl (C=O) groups excluding carboxylic acids is 1. The number of thioether (sulfide) groups is 1. The number of benzene rings is 1. The maximum Gasteiger partial charge on any atom is 0.288 e. The van der Waals surface area contributed by atoms with E-state index < -0.39 is 5.76 Å². The van der Waals surface area contributed by atoms with Crippen molar-refractivity contribution in [3.8, 4) is 0 Å². The van der Waals surface area contributed by atoms with Crippen LogP contribution in [0.4, 0.5) is 14.5 Å². The van der Waals surface area contributed by atoms with Crippen molar-refractivity contribution >= 4 is 35.8 Å². The van der Waals surface area contributed by atoms with Gasteiger partial charge in [0.15, 0.2) is 0 Å². The summed E-state index contributed by atoms with van der Waals surface area (Å²) in [5.41, 5.74) is 5.70.